The third kappa shape index (κ3) is 7.67. The number of amides is 3. The van der Waals surface area contributed by atoms with Crippen LogP contribution >= 0.6 is 0 Å². The molecule has 3 amide bonds. The number of benzene rings is 3. The molecule has 0 saturated heterocycles. The van der Waals surface area contributed by atoms with Gasteiger partial charge in [0.2, 0.25) is 5.91 Å². The van der Waals surface area contributed by atoms with Gasteiger partial charge in [0, 0.05) is 37.6 Å². The van der Waals surface area contributed by atoms with Crippen LogP contribution in [0.15, 0.2) is 73.1 Å². The maximum absolute atomic E-state index is 15.0. The van der Waals surface area contributed by atoms with Crippen LogP contribution < -0.4 is 29.6 Å². The van der Waals surface area contributed by atoms with E-state index in [4.69, 9.17) is 18.9 Å². The van der Waals surface area contributed by atoms with Gasteiger partial charge in [-0.25, -0.2) is 4.39 Å². The molecule has 264 valence electrons. The molecule has 0 fully saturated rings. The summed E-state index contributed by atoms with van der Waals surface area (Å²) >= 11 is 0. The summed E-state index contributed by atoms with van der Waals surface area (Å²) in [4.78, 5) is 47.9. The Labute approximate surface area is 294 Å². The number of nitrogens with one attached hydrogen (secondary N) is 2. The highest BCUT2D eigenvalue weighted by Gasteiger charge is 2.29. The zero-order valence-corrected chi connectivity index (χ0v) is 28.0. The molecule has 0 aliphatic carbocycles. The van der Waals surface area contributed by atoms with E-state index in [-0.39, 0.29) is 43.7 Å². The topological polar surface area (TPSA) is 132 Å². The summed E-state index contributed by atoms with van der Waals surface area (Å²) in [6.07, 6.45) is 4.51. The molecule has 4 heterocycles. The van der Waals surface area contributed by atoms with Crippen molar-refractivity contribution in [3.05, 3.63) is 95.6 Å². The predicted octanol–water partition coefficient (Wildman–Crippen LogP) is 4.54. The first kappa shape index (κ1) is 33.6. The summed E-state index contributed by atoms with van der Waals surface area (Å²) in [5.41, 5.74) is 2.93. The molecule has 4 aromatic rings. The first-order chi connectivity index (χ1) is 24.9. The van der Waals surface area contributed by atoms with Gasteiger partial charge >= 0.3 is 0 Å². The minimum Gasteiger partial charge on any atom is -0.488 e. The molecule has 3 aliphatic rings. The molecule has 0 spiro atoms. The van der Waals surface area contributed by atoms with Crippen molar-refractivity contribution in [1.29, 1.82) is 0 Å². The fraction of sp³-hybridized carbons (Fsp3) is 0.316. The van der Waals surface area contributed by atoms with Crippen LogP contribution in [-0.2, 0) is 11.3 Å². The first-order valence-corrected chi connectivity index (χ1v) is 17.0. The van der Waals surface area contributed by atoms with Crippen molar-refractivity contribution >= 4 is 23.4 Å². The number of rotatable bonds is 4. The highest BCUT2D eigenvalue weighted by atomic mass is 19.1. The van der Waals surface area contributed by atoms with Gasteiger partial charge in [-0.2, -0.15) is 0 Å². The minimum atomic E-state index is -0.640. The van der Waals surface area contributed by atoms with Gasteiger partial charge in [-0.1, -0.05) is 12.1 Å². The molecule has 1 aromatic heterocycles. The number of fused-ring (bicyclic) bond motifs is 8. The van der Waals surface area contributed by atoms with Crippen LogP contribution in [0, 0.1) is 5.82 Å². The van der Waals surface area contributed by atoms with Crippen LogP contribution in [-0.4, -0.2) is 91.7 Å². The molecule has 12 nitrogen and oxygen atoms in total. The maximum Gasteiger partial charge on any atom is 0.258 e. The molecule has 0 saturated carbocycles. The van der Waals surface area contributed by atoms with Gasteiger partial charge in [-0.05, 0) is 72.5 Å². The third-order valence-corrected chi connectivity index (χ3v) is 8.95. The van der Waals surface area contributed by atoms with Crippen LogP contribution in [0.25, 0.3) is 11.1 Å². The van der Waals surface area contributed by atoms with Gasteiger partial charge in [-0.15, -0.1) is 0 Å². The smallest absolute Gasteiger partial charge is 0.258 e. The Morgan fingerprint density at radius 3 is 2.53 bits per heavy atom. The Bertz CT molecular complexity index is 1920. The second-order valence-electron chi connectivity index (χ2n) is 12.3. The summed E-state index contributed by atoms with van der Waals surface area (Å²) in [5.74, 6) is 0.281. The number of carbonyl (C=O) groups is 3. The Morgan fingerprint density at radius 1 is 0.824 bits per heavy atom. The van der Waals surface area contributed by atoms with Crippen molar-refractivity contribution in [2.45, 2.75) is 19.4 Å². The number of carbonyl (C=O) groups excluding carboxylic acids is 3. The van der Waals surface area contributed by atoms with Gasteiger partial charge in [0.25, 0.3) is 11.8 Å². The van der Waals surface area contributed by atoms with Crippen molar-refractivity contribution in [2.75, 3.05) is 64.5 Å². The van der Waals surface area contributed by atoms with Crippen molar-refractivity contribution in [3.63, 3.8) is 0 Å². The maximum atomic E-state index is 15.0. The molecule has 0 unspecified atom stereocenters. The van der Waals surface area contributed by atoms with Crippen LogP contribution in [0.5, 0.6) is 23.0 Å². The minimum absolute atomic E-state index is 0.0655. The number of aromatic nitrogens is 1. The lowest BCUT2D eigenvalue weighted by molar-refractivity contribution is -0.129. The average Bonchev–Trinajstić information content (AvgIpc) is 3.38. The molecule has 51 heavy (non-hydrogen) atoms. The van der Waals surface area contributed by atoms with E-state index < -0.39 is 11.7 Å². The number of hydrogen-bond acceptors (Lipinski definition) is 9. The number of anilines is 1. The Kier molecular flexibility index (Phi) is 10.1. The molecule has 2 N–H and O–H groups in total. The Morgan fingerprint density at radius 2 is 1.65 bits per heavy atom. The monoisotopic (exact) mass is 695 g/mol. The van der Waals surface area contributed by atoms with Gasteiger partial charge in [-0.3, -0.25) is 19.4 Å². The van der Waals surface area contributed by atoms with Crippen molar-refractivity contribution in [2.24, 2.45) is 0 Å². The van der Waals surface area contributed by atoms with Crippen LogP contribution in [0.2, 0.25) is 0 Å². The van der Waals surface area contributed by atoms with E-state index in [1.54, 1.807) is 58.6 Å². The van der Waals surface area contributed by atoms with Gasteiger partial charge in [0.05, 0.1) is 36.4 Å². The summed E-state index contributed by atoms with van der Waals surface area (Å²) in [5, 5.41) is 5.93. The zero-order valence-electron chi connectivity index (χ0n) is 28.0. The largest absolute Gasteiger partial charge is 0.488 e. The molecule has 3 aromatic carbocycles. The fourth-order valence-electron chi connectivity index (χ4n) is 6.33. The molecule has 7 rings (SSSR count). The number of nitrogens with zero attached hydrogens (tertiary/aromatic N) is 3. The molecule has 4 bridgehead atoms. The van der Waals surface area contributed by atoms with Crippen molar-refractivity contribution in [3.8, 4) is 34.1 Å². The van der Waals surface area contributed by atoms with E-state index in [1.165, 1.54) is 12.1 Å². The molecule has 13 heteroatoms. The molecular formula is C38H38FN5O7. The van der Waals surface area contributed by atoms with Gasteiger partial charge < -0.3 is 39.4 Å². The Hall–Kier alpha value is -5.85. The SMILES string of the molecule is O=C1NCCCCN(C(=O)CNc2cccnc2)CCOc2cc(cc3c2OCCN(C(=O)c2cccc4c2OCCO4)C3)-c2ccc(F)c1c2. The molecular weight excluding hydrogens is 657 g/mol. The number of halogens is 1. The predicted molar refractivity (Wildman–Crippen MR) is 186 cm³/mol. The van der Waals surface area contributed by atoms with E-state index in [0.717, 1.165) is 5.69 Å². The van der Waals surface area contributed by atoms with Gasteiger partial charge in [0.15, 0.2) is 23.0 Å². The quantitative estimate of drug-likeness (QED) is 0.316. The van der Waals surface area contributed by atoms with Crippen molar-refractivity contribution in [1.82, 2.24) is 20.1 Å². The molecule has 0 radical (unpaired) electrons. The summed E-state index contributed by atoms with van der Waals surface area (Å²) in [6.45, 7) is 2.70. The second-order valence-corrected chi connectivity index (χ2v) is 12.3. The van der Waals surface area contributed by atoms with Gasteiger partial charge in [0.1, 0.15) is 32.2 Å². The van der Waals surface area contributed by atoms with E-state index in [2.05, 4.69) is 15.6 Å². The Balaban J connectivity index is 1.19. The van der Waals surface area contributed by atoms with Crippen molar-refractivity contribution < 1.29 is 37.7 Å². The highest BCUT2D eigenvalue weighted by molar-refractivity contribution is 5.98. The number of ether oxygens (including phenoxy) is 4. The summed E-state index contributed by atoms with van der Waals surface area (Å²) in [7, 11) is 0. The van der Waals surface area contributed by atoms with E-state index in [0.29, 0.717) is 97.5 Å². The number of pyridine rings is 1. The van der Waals surface area contributed by atoms with Crippen LogP contribution in [0.4, 0.5) is 10.1 Å². The van der Waals surface area contributed by atoms with E-state index >= 15 is 0 Å². The van der Waals surface area contributed by atoms with Crippen LogP contribution in [0.3, 0.4) is 0 Å². The highest BCUT2D eigenvalue weighted by Crippen LogP contribution is 2.40. The summed E-state index contributed by atoms with van der Waals surface area (Å²) in [6, 6.07) is 16.9. The first-order valence-electron chi connectivity index (χ1n) is 17.0. The lowest BCUT2D eigenvalue weighted by Gasteiger charge is -2.25. The molecule has 0 atom stereocenters. The van der Waals surface area contributed by atoms with Crippen LogP contribution in [0.1, 0.15) is 39.1 Å². The standard InChI is InChI=1S/C38H38FN5O7/c39-31-9-8-25-20-30(31)37(46)41-11-1-2-12-43(34(45)23-42-28-5-4-10-40-22-28)13-15-48-33-21-26(25)19-27-24-44(14-16-50-35(27)33)38(47)29-6-3-7-32-36(29)51-18-17-49-32/h3-10,19-22,42H,1-2,11-18,23-24H2,(H,41,46). The summed E-state index contributed by atoms with van der Waals surface area (Å²) < 4.78 is 39.1. The average molecular weight is 696 g/mol. The number of para-hydroxylation sites is 1. The van der Waals surface area contributed by atoms with E-state index in [9.17, 15) is 18.8 Å². The molecule has 3 aliphatic heterocycles. The normalized spacial score (nSPS) is 16.1. The lowest BCUT2D eigenvalue weighted by Crippen LogP contribution is -2.39. The lowest BCUT2D eigenvalue weighted by atomic mass is 9.98. The fourth-order valence-corrected chi connectivity index (χ4v) is 6.33. The zero-order chi connectivity index (χ0) is 35.2. The number of hydrogen-bond donors (Lipinski definition) is 2. The van der Waals surface area contributed by atoms with E-state index in [1.807, 2.05) is 12.1 Å². The third-order valence-electron chi connectivity index (χ3n) is 8.95. The second kappa shape index (κ2) is 15.4.